The van der Waals surface area contributed by atoms with Crippen molar-refractivity contribution < 1.29 is 27.1 Å². The lowest BCUT2D eigenvalue weighted by Crippen LogP contribution is -2.54. The molecular weight excluding hydrogens is 628 g/mol. The SMILES string of the molecule is COc1ccc(S(=O)(=O)N2C(=O)C(c3cc(CN4CCCC4)ccc3OC)(N3CCCC3c3ncco3)c3cc(Cl)ccc32)cc1. The maximum absolute atomic E-state index is 15.5. The number of amides is 1. The summed E-state index contributed by atoms with van der Waals surface area (Å²) in [5, 5.41) is 0.374. The molecule has 2 fully saturated rings. The third kappa shape index (κ3) is 4.88. The van der Waals surface area contributed by atoms with E-state index in [-0.39, 0.29) is 10.6 Å². The zero-order valence-corrected chi connectivity index (χ0v) is 27.3. The molecule has 0 radical (unpaired) electrons. The summed E-state index contributed by atoms with van der Waals surface area (Å²) in [5.74, 6) is 0.775. The lowest BCUT2D eigenvalue weighted by Gasteiger charge is -2.41. The first-order chi connectivity index (χ1) is 22.3. The molecule has 3 aliphatic rings. The Balaban J connectivity index is 1.49. The van der Waals surface area contributed by atoms with Crippen molar-refractivity contribution in [3.05, 3.63) is 101 Å². The van der Waals surface area contributed by atoms with E-state index in [2.05, 4.69) is 9.88 Å². The van der Waals surface area contributed by atoms with Gasteiger partial charge in [0.05, 0.1) is 37.0 Å². The van der Waals surface area contributed by atoms with Crippen LogP contribution in [0.1, 0.15) is 54.3 Å². The van der Waals surface area contributed by atoms with Gasteiger partial charge in [-0.05, 0) is 98.9 Å². The maximum Gasteiger partial charge on any atom is 0.271 e. The minimum atomic E-state index is -4.40. The van der Waals surface area contributed by atoms with Crippen LogP contribution in [0.3, 0.4) is 0 Å². The molecule has 10 nitrogen and oxygen atoms in total. The first kappa shape index (κ1) is 30.7. The number of aromatic nitrogens is 1. The van der Waals surface area contributed by atoms with E-state index in [1.165, 1.54) is 25.5 Å². The smallest absolute Gasteiger partial charge is 0.271 e. The number of benzene rings is 3. The van der Waals surface area contributed by atoms with Crippen LogP contribution in [-0.2, 0) is 26.9 Å². The van der Waals surface area contributed by atoms with Gasteiger partial charge in [0.1, 0.15) is 17.8 Å². The molecule has 2 unspecified atom stereocenters. The van der Waals surface area contributed by atoms with Crippen molar-refractivity contribution in [1.29, 1.82) is 0 Å². The molecule has 0 bridgehead atoms. The van der Waals surface area contributed by atoms with Crippen LogP contribution in [-0.4, -0.2) is 63.0 Å². The maximum atomic E-state index is 15.5. The summed E-state index contributed by atoms with van der Waals surface area (Å²) in [7, 11) is -1.33. The van der Waals surface area contributed by atoms with Crippen LogP contribution in [0.25, 0.3) is 0 Å². The van der Waals surface area contributed by atoms with E-state index in [0.29, 0.717) is 53.0 Å². The lowest BCUT2D eigenvalue weighted by molar-refractivity contribution is -0.127. The second kappa shape index (κ2) is 12.0. The average molecular weight is 663 g/mol. The molecule has 0 spiro atoms. The van der Waals surface area contributed by atoms with Crippen molar-refractivity contribution in [2.24, 2.45) is 0 Å². The molecule has 0 N–H and O–H groups in total. The van der Waals surface area contributed by atoms with Crippen molar-refractivity contribution in [3.63, 3.8) is 0 Å². The monoisotopic (exact) mass is 662 g/mol. The molecule has 0 aliphatic carbocycles. The summed E-state index contributed by atoms with van der Waals surface area (Å²) in [6.07, 6.45) is 6.77. The van der Waals surface area contributed by atoms with Crippen LogP contribution in [0.4, 0.5) is 5.69 Å². The lowest BCUT2D eigenvalue weighted by atomic mass is 9.80. The summed E-state index contributed by atoms with van der Waals surface area (Å²) < 4.78 is 47.0. The Labute approximate surface area is 273 Å². The topological polar surface area (TPSA) is 105 Å². The predicted octanol–water partition coefficient (Wildman–Crippen LogP) is 5.76. The Morgan fingerprint density at radius 1 is 0.957 bits per heavy atom. The number of hydrogen-bond acceptors (Lipinski definition) is 9. The number of sulfonamides is 1. The number of ether oxygens (including phenoxy) is 2. The number of anilines is 1. The highest BCUT2D eigenvalue weighted by molar-refractivity contribution is 7.93. The molecule has 4 heterocycles. The van der Waals surface area contributed by atoms with E-state index in [0.717, 1.165) is 42.2 Å². The molecule has 4 aromatic rings. The molecular formula is C34H35ClN4O6S. The summed E-state index contributed by atoms with van der Waals surface area (Å²) in [6.45, 7) is 3.16. The summed E-state index contributed by atoms with van der Waals surface area (Å²) in [6, 6.07) is 16.4. The van der Waals surface area contributed by atoms with Gasteiger partial charge in [0.25, 0.3) is 15.9 Å². The van der Waals surface area contributed by atoms with Gasteiger partial charge in [-0.3, -0.25) is 14.6 Å². The van der Waals surface area contributed by atoms with Gasteiger partial charge in [0, 0.05) is 29.2 Å². The van der Waals surface area contributed by atoms with E-state index < -0.39 is 27.5 Å². The number of halogens is 1. The predicted molar refractivity (Wildman–Crippen MR) is 173 cm³/mol. The fourth-order valence-electron chi connectivity index (χ4n) is 7.29. The molecule has 3 aliphatic heterocycles. The number of carbonyl (C=O) groups is 1. The Kier molecular flexibility index (Phi) is 8.04. The van der Waals surface area contributed by atoms with Crippen LogP contribution in [0.2, 0.25) is 5.02 Å². The van der Waals surface area contributed by atoms with Crippen molar-refractivity contribution >= 4 is 33.2 Å². The highest BCUT2D eigenvalue weighted by Gasteiger charge is 2.62. The minimum Gasteiger partial charge on any atom is -0.497 e. The normalized spacial score (nSPS) is 22.0. The van der Waals surface area contributed by atoms with E-state index >= 15 is 4.79 Å². The molecule has 7 rings (SSSR count). The van der Waals surface area contributed by atoms with E-state index in [1.807, 2.05) is 23.1 Å². The molecule has 2 atom stereocenters. The zero-order chi connectivity index (χ0) is 32.1. The number of methoxy groups -OCH3 is 2. The number of carbonyl (C=O) groups excluding carboxylic acids is 1. The van der Waals surface area contributed by atoms with Crippen LogP contribution >= 0.6 is 11.6 Å². The van der Waals surface area contributed by atoms with Crippen LogP contribution in [0.15, 0.2) is 82.4 Å². The molecule has 240 valence electrons. The van der Waals surface area contributed by atoms with Crippen LogP contribution in [0.5, 0.6) is 11.5 Å². The Morgan fingerprint density at radius 3 is 2.43 bits per heavy atom. The molecule has 1 amide bonds. The van der Waals surface area contributed by atoms with Gasteiger partial charge in [-0.2, -0.15) is 0 Å². The molecule has 46 heavy (non-hydrogen) atoms. The molecule has 0 saturated carbocycles. The van der Waals surface area contributed by atoms with Crippen molar-refractivity contribution in [2.75, 3.05) is 38.2 Å². The molecule has 1 aromatic heterocycles. The van der Waals surface area contributed by atoms with Gasteiger partial charge in [-0.1, -0.05) is 17.7 Å². The summed E-state index contributed by atoms with van der Waals surface area (Å²) in [4.78, 5) is 24.3. The number of oxazole rings is 1. The molecule has 2 saturated heterocycles. The Hall–Kier alpha value is -3.90. The number of fused-ring (bicyclic) bond motifs is 1. The van der Waals surface area contributed by atoms with Crippen LogP contribution < -0.4 is 13.8 Å². The molecule has 3 aromatic carbocycles. The van der Waals surface area contributed by atoms with Gasteiger partial charge < -0.3 is 13.9 Å². The first-order valence-electron chi connectivity index (χ1n) is 15.4. The second-order valence-electron chi connectivity index (χ2n) is 11.9. The quantitative estimate of drug-likeness (QED) is 0.221. The van der Waals surface area contributed by atoms with Crippen molar-refractivity contribution in [1.82, 2.24) is 14.8 Å². The fourth-order valence-corrected chi connectivity index (χ4v) is 8.92. The van der Waals surface area contributed by atoms with E-state index in [4.69, 9.17) is 25.5 Å². The largest absolute Gasteiger partial charge is 0.497 e. The highest BCUT2D eigenvalue weighted by Crippen LogP contribution is 2.57. The third-order valence-electron chi connectivity index (χ3n) is 9.34. The van der Waals surface area contributed by atoms with E-state index in [9.17, 15) is 8.42 Å². The van der Waals surface area contributed by atoms with Crippen molar-refractivity contribution in [2.45, 2.75) is 48.7 Å². The van der Waals surface area contributed by atoms with Gasteiger partial charge >= 0.3 is 0 Å². The van der Waals surface area contributed by atoms with E-state index in [1.54, 1.807) is 43.6 Å². The summed E-state index contributed by atoms with van der Waals surface area (Å²) in [5.41, 5.74) is 0.595. The standard InChI is InChI=1S/C34H35ClN4O6S/c1-43-25-9-11-26(12-10-25)46(41,42)39-29-13-8-24(35)21-27(29)34(33(39)40,38-18-5-6-30(38)32-36-15-19-45-32)28-20-23(7-14-31(28)44-2)22-37-16-3-4-17-37/h7-15,19-21,30H,3-6,16-18,22H2,1-2H3. The summed E-state index contributed by atoms with van der Waals surface area (Å²) >= 11 is 6.68. The van der Waals surface area contributed by atoms with Gasteiger partial charge in [0.15, 0.2) is 5.54 Å². The van der Waals surface area contributed by atoms with Gasteiger partial charge in [-0.15, -0.1) is 0 Å². The highest BCUT2D eigenvalue weighted by atomic mass is 35.5. The van der Waals surface area contributed by atoms with Crippen molar-refractivity contribution in [3.8, 4) is 11.5 Å². The van der Waals surface area contributed by atoms with Gasteiger partial charge in [0.2, 0.25) is 5.89 Å². The Bertz CT molecular complexity index is 1860. The Morgan fingerprint density at radius 2 is 1.74 bits per heavy atom. The fraction of sp³-hybridized carbons (Fsp3) is 0.353. The number of likely N-dealkylation sites (tertiary alicyclic amines) is 2. The number of rotatable bonds is 9. The zero-order valence-electron chi connectivity index (χ0n) is 25.7. The van der Waals surface area contributed by atoms with Gasteiger partial charge in [-0.25, -0.2) is 17.7 Å². The number of hydrogen-bond donors (Lipinski definition) is 0. The average Bonchev–Trinajstić information content (AvgIpc) is 3.88. The first-order valence-corrected chi connectivity index (χ1v) is 17.2. The minimum absolute atomic E-state index is 0.0428. The second-order valence-corrected chi connectivity index (χ2v) is 14.1. The van der Waals surface area contributed by atoms with Crippen LogP contribution in [0, 0.1) is 0 Å². The third-order valence-corrected chi connectivity index (χ3v) is 11.3. The molecule has 12 heteroatoms. The number of nitrogens with zero attached hydrogens (tertiary/aromatic N) is 4.